The van der Waals surface area contributed by atoms with E-state index in [4.69, 9.17) is 0 Å². The van der Waals surface area contributed by atoms with Gasteiger partial charge in [0, 0.05) is 37.0 Å². The van der Waals surface area contributed by atoms with Crippen LogP contribution in [-0.4, -0.2) is 19.0 Å². The monoisotopic (exact) mass is 548 g/mol. The molecule has 1 N–H and O–H groups in total. The van der Waals surface area contributed by atoms with Crippen molar-refractivity contribution in [3.8, 4) is 0 Å². The van der Waals surface area contributed by atoms with E-state index in [0.29, 0.717) is 5.56 Å². The Bertz CT molecular complexity index is 728. The van der Waals surface area contributed by atoms with E-state index in [2.05, 4.69) is 76.8 Å². The van der Waals surface area contributed by atoms with Crippen molar-refractivity contribution in [2.75, 3.05) is 23.3 Å². The van der Waals surface area contributed by atoms with Gasteiger partial charge in [0.25, 0.3) is 5.91 Å². The molecule has 2 aromatic rings. The second-order valence-electron chi connectivity index (χ2n) is 5.44. The van der Waals surface area contributed by atoms with Crippen LogP contribution in [-0.2, 0) is 0 Å². The fraction of sp³-hybridized carbons (Fsp3) is 0.235. The number of hydrogen-bond donors (Lipinski definition) is 1. The largest absolute Gasteiger partial charge is 0.372 e. The maximum Gasteiger partial charge on any atom is 0.256 e. The second-order valence-corrected chi connectivity index (χ2v) is 8.29. The van der Waals surface area contributed by atoms with E-state index < -0.39 is 0 Å². The van der Waals surface area contributed by atoms with Crippen LogP contribution >= 0.6 is 54.5 Å². The summed E-state index contributed by atoms with van der Waals surface area (Å²) in [5.41, 5.74) is 2.68. The van der Waals surface area contributed by atoms with Crippen LogP contribution in [0.3, 0.4) is 0 Å². The Kier molecular flexibility index (Phi) is 5.64. The number of amides is 1. The summed E-state index contributed by atoms with van der Waals surface area (Å²) in [4.78, 5) is 14.9. The summed E-state index contributed by atoms with van der Waals surface area (Å²) >= 11 is 9.08. The van der Waals surface area contributed by atoms with E-state index in [9.17, 15) is 4.79 Å². The Morgan fingerprint density at radius 1 is 1.09 bits per heavy atom. The van der Waals surface area contributed by atoms with Crippen molar-refractivity contribution in [2.45, 2.75) is 12.8 Å². The van der Waals surface area contributed by atoms with Crippen LogP contribution in [0.15, 0.2) is 45.3 Å². The van der Waals surface area contributed by atoms with Gasteiger partial charge < -0.3 is 10.2 Å². The number of carbonyl (C=O) groups is 1. The summed E-state index contributed by atoms with van der Waals surface area (Å²) in [7, 11) is 0. The zero-order valence-electron chi connectivity index (χ0n) is 12.3. The smallest absolute Gasteiger partial charge is 0.256 e. The maximum absolute atomic E-state index is 12.5. The molecule has 1 aliphatic rings. The Morgan fingerprint density at radius 2 is 1.74 bits per heavy atom. The van der Waals surface area contributed by atoms with Crippen LogP contribution in [0.5, 0.6) is 0 Å². The van der Waals surface area contributed by atoms with Gasteiger partial charge in [0.15, 0.2) is 0 Å². The van der Waals surface area contributed by atoms with Crippen molar-refractivity contribution in [3.05, 3.63) is 54.5 Å². The molecule has 23 heavy (non-hydrogen) atoms. The maximum atomic E-state index is 12.5. The van der Waals surface area contributed by atoms with Crippen molar-refractivity contribution in [2.24, 2.45) is 0 Å². The third-order valence-corrected chi connectivity index (χ3v) is 6.82. The van der Waals surface area contributed by atoms with E-state index in [1.807, 2.05) is 24.3 Å². The summed E-state index contributed by atoms with van der Waals surface area (Å²) in [6.45, 7) is 2.24. The molecule has 3 rings (SSSR count). The lowest BCUT2D eigenvalue weighted by molar-refractivity contribution is 0.102. The zero-order chi connectivity index (χ0) is 16.4. The summed E-state index contributed by atoms with van der Waals surface area (Å²) in [5.74, 6) is -0.106. The topological polar surface area (TPSA) is 32.3 Å². The number of rotatable bonds is 3. The van der Waals surface area contributed by atoms with Gasteiger partial charge in [-0.15, -0.1) is 0 Å². The second kappa shape index (κ2) is 7.53. The van der Waals surface area contributed by atoms with Crippen molar-refractivity contribution in [1.82, 2.24) is 0 Å². The van der Waals surface area contributed by atoms with Crippen molar-refractivity contribution in [3.63, 3.8) is 0 Å². The predicted octanol–water partition coefficient (Wildman–Crippen LogP) is 5.67. The molecule has 0 aliphatic carbocycles. The molecule has 0 saturated carbocycles. The molecule has 120 valence electrons. The summed E-state index contributed by atoms with van der Waals surface area (Å²) < 4.78 is 2.68. The van der Waals surface area contributed by atoms with Crippen LogP contribution < -0.4 is 10.2 Å². The molecule has 0 bridgehead atoms. The number of benzene rings is 2. The molecule has 6 heteroatoms. The third kappa shape index (κ3) is 4.09. The van der Waals surface area contributed by atoms with Gasteiger partial charge in [-0.1, -0.05) is 15.9 Å². The first-order valence-electron chi connectivity index (χ1n) is 7.35. The van der Waals surface area contributed by atoms with Gasteiger partial charge in [-0.05, 0) is 87.8 Å². The lowest BCUT2D eigenvalue weighted by Crippen LogP contribution is -2.17. The van der Waals surface area contributed by atoms with Crippen molar-refractivity contribution < 1.29 is 4.79 Å². The molecule has 1 heterocycles. The molecule has 1 amide bonds. The highest BCUT2D eigenvalue weighted by Crippen LogP contribution is 2.28. The van der Waals surface area contributed by atoms with Crippen LogP contribution in [0.2, 0.25) is 0 Å². The first-order valence-corrected chi connectivity index (χ1v) is 10.0. The van der Waals surface area contributed by atoms with Crippen molar-refractivity contribution >= 4 is 71.7 Å². The average Bonchev–Trinajstić information content (AvgIpc) is 3.06. The molecule has 0 radical (unpaired) electrons. The van der Waals surface area contributed by atoms with Gasteiger partial charge in [0.05, 0.1) is 5.56 Å². The highest BCUT2D eigenvalue weighted by molar-refractivity contribution is 14.1. The molecule has 1 aliphatic heterocycles. The molecule has 1 saturated heterocycles. The molecule has 0 unspecified atom stereocenters. The highest BCUT2D eigenvalue weighted by atomic mass is 127. The number of nitrogens with zero attached hydrogens (tertiary/aromatic N) is 1. The molecule has 0 spiro atoms. The van der Waals surface area contributed by atoms with Gasteiger partial charge in [-0.25, -0.2) is 0 Å². The van der Waals surface area contributed by atoms with Gasteiger partial charge in [-0.2, -0.15) is 0 Å². The number of hydrogen-bond acceptors (Lipinski definition) is 2. The quantitative estimate of drug-likeness (QED) is 0.395. The van der Waals surface area contributed by atoms with Crippen LogP contribution in [0.25, 0.3) is 0 Å². The van der Waals surface area contributed by atoms with E-state index in [1.54, 1.807) is 0 Å². The third-order valence-electron chi connectivity index (χ3n) is 3.83. The molecular formula is C17H15Br2IN2O. The summed E-state index contributed by atoms with van der Waals surface area (Å²) in [6.07, 6.45) is 2.52. The van der Waals surface area contributed by atoms with Crippen LogP contribution in [0.1, 0.15) is 23.2 Å². The minimum Gasteiger partial charge on any atom is -0.372 e. The Hall–Kier alpha value is -0.600. The number of nitrogens with one attached hydrogen (secondary N) is 1. The molecule has 0 aromatic heterocycles. The number of carbonyl (C=O) groups excluding carboxylic acids is 1. The van der Waals surface area contributed by atoms with Gasteiger partial charge >= 0.3 is 0 Å². The fourth-order valence-corrected chi connectivity index (χ4v) is 4.43. The Labute approximate surface area is 166 Å². The van der Waals surface area contributed by atoms with E-state index in [-0.39, 0.29) is 5.91 Å². The SMILES string of the molecule is O=C(Nc1ccc(N2CCCC2)cc1)c1cc(Br)cc(Br)c1I. The first kappa shape index (κ1) is 17.2. The van der Waals surface area contributed by atoms with Gasteiger partial charge in [-0.3, -0.25) is 4.79 Å². The molecule has 0 atom stereocenters. The Balaban J connectivity index is 1.75. The summed E-state index contributed by atoms with van der Waals surface area (Å²) in [5, 5.41) is 2.97. The zero-order valence-corrected chi connectivity index (χ0v) is 17.6. The average molecular weight is 550 g/mol. The normalized spacial score (nSPS) is 14.1. The van der Waals surface area contributed by atoms with E-state index in [1.165, 1.54) is 18.5 Å². The first-order chi connectivity index (χ1) is 11.0. The number of halogens is 3. The van der Waals surface area contributed by atoms with Gasteiger partial charge in [0.1, 0.15) is 0 Å². The highest BCUT2D eigenvalue weighted by Gasteiger charge is 2.15. The van der Waals surface area contributed by atoms with Crippen LogP contribution in [0.4, 0.5) is 11.4 Å². The van der Waals surface area contributed by atoms with Crippen molar-refractivity contribution in [1.29, 1.82) is 0 Å². The molecule has 3 nitrogen and oxygen atoms in total. The van der Waals surface area contributed by atoms with Crippen LogP contribution in [0, 0.1) is 3.57 Å². The molecular weight excluding hydrogens is 535 g/mol. The van der Waals surface area contributed by atoms with E-state index >= 15 is 0 Å². The minimum atomic E-state index is -0.106. The fourth-order valence-electron chi connectivity index (χ4n) is 2.65. The standard InChI is InChI=1S/C17H15Br2IN2O/c18-11-9-14(16(20)15(19)10-11)17(23)21-12-3-5-13(6-4-12)22-7-1-2-8-22/h3-6,9-10H,1-2,7-8H2,(H,21,23). The molecule has 1 fully saturated rings. The van der Waals surface area contributed by atoms with E-state index in [0.717, 1.165) is 31.3 Å². The minimum absolute atomic E-state index is 0.106. The lowest BCUT2D eigenvalue weighted by Gasteiger charge is -2.18. The number of anilines is 2. The summed E-state index contributed by atoms with van der Waals surface area (Å²) in [6, 6.07) is 11.8. The lowest BCUT2D eigenvalue weighted by atomic mass is 10.2. The Morgan fingerprint density at radius 3 is 2.39 bits per heavy atom. The molecule has 2 aromatic carbocycles. The van der Waals surface area contributed by atoms with Gasteiger partial charge in [0.2, 0.25) is 0 Å². The predicted molar refractivity (Wildman–Crippen MR) is 110 cm³/mol.